The van der Waals surface area contributed by atoms with E-state index in [0.29, 0.717) is 0 Å². The van der Waals surface area contributed by atoms with Gasteiger partial charge < -0.3 is 9.47 Å². The number of imide groups is 2. The summed E-state index contributed by atoms with van der Waals surface area (Å²) in [7, 11) is 0. The van der Waals surface area contributed by atoms with Gasteiger partial charge in [0.15, 0.2) is 0 Å². The summed E-state index contributed by atoms with van der Waals surface area (Å²) in [5.41, 5.74) is -1.08. The van der Waals surface area contributed by atoms with Gasteiger partial charge in [-0.05, 0) is 67.2 Å². The number of carbonyl (C=O) groups excluding carboxylic acids is 4. The number of likely N-dealkylation sites (tertiary alicyclic amines) is 2. The topological polar surface area (TPSA) is 93.2 Å². The smallest absolute Gasteiger partial charge is 0.417 e. The molecular weight excluding hydrogens is 388 g/mol. The van der Waals surface area contributed by atoms with Gasteiger partial charge in [-0.3, -0.25) is 9.59 Å². The van der Waals surface area contributed by atoms with Crippen LogP contribution >= 0.6 is 0 Å². The predicted molar refractivity (Wildman–Crippen MR) is 108 cm³/mol. The third kappa shape index (κ3) is 4.68. The van der Waals surface area contributed by atoms with E-state index >= 15 is 0 Å². The molecule has 4 amide bonds. The van der Waals surface area contributed by atoms with Crippen LogP contribution < -0.4 is 0 Å². The largest absolute Gasteiger partial charge is 0.443 e. The molecule has 0 unspecified atom stereocenters. The summed E-state index contributed by atoms with van der Waals surface area (Å²) in [6, 6.07) is 0.00898. The second-order valence-electron chi connectivity index (χ2n) is 10.3. The molecule has 0 aromatic heterocycles. The van der Waals surface area contributed by atoms with Crippen molar-refractivity contribution in [2.75, 3.05) is 0 Å². The standard InChI is InChI=1S/C11H17NO3.C11H15NO3/c2*1-11(2,3)15-10(14)12-8-5-4-7(6-8)9(12)13/h7-8H,4-6H2,1-3H3;4-5,7-8H,6H2,1-3H3/t2*7-,8-/m11/s1. The molecule has 0 N–H and O–H groups in total. The number of ether oxygens (including phenoxy) is 2. The van der Waals surface area contributed by atoms with Crippen LogP contribution in [-0.4, -0.2) is 57.1 Å². The Hall–Kier alpha value is -2.38. The molecule has 4 bridgehead atoms. The van der Waals surface area contributed by atoms with Gasteiger partial charge >= 0.3 is 12.2 Å². The average molecular weight is 421 g/mol. The molecule has 166 valence electrons. The van der Waals surface area contributed by atoms with Gasteiger partial charge in [-0.15, -0.1) is 0 Å². The molecule has 8 heteroatoms. The van der Waals surface area contributed by atoms with Gasteiger partial charge in [0.1, 0.15) is 11.2 Å². The van der Waals surface area contributed by atoms with Crippen LogP contribution in [0.25, 0.3) is 0 Å². The number of hydrogen-bond donors (Lipinski definition) is 0. The first-order valence-corrected chi connectivity index (χ1v) is 10.6. The van der Waals surface area contributed by atoms with Gasteiger partial charge in [0.2, 0.25) is 11.8 Å². The van der Waals surface area contributed by atoms with Crippen molar-refractivity contribution in [1.82, 2.24) is 9.80 Å². The number of rotatable bonds is 0. The van der Waals surface area contributed by atoms with Crippen molar-refractivity contribution in [3.63, 3.8) is 0 Å². The molecule has 1 saturated carbocycles. The fraction of sp³-hybridized carbons (Fsp3) is 0.727. The normalized spacial score (nSPS) is 29.3. The minimum absolute atomic E-state index is 0.0412. The summed E-state index contributed by atoms with van der Waals surface area (Å²) in [5.74, 6) is -0.206. The minimum Gasteiger partial charge on any atom is -0.443 e. The first kappa shape index (κ1) is 22.3. The molecule has 2 heterocycles. The molecule has 0 aromatic rings. The van der Waals surface area contributed by atoms with Crippen molar-refractivity contribution in [2.24, 2.45) is 11.8 Å². The Balaban J connectivity index is 0.000000171. The third-order valence-electron chi connectivity index (χ3n) is 5.48. The molecule has 4 rings (SSSR count). The Morgan fingerprint density at radius 1 is 0.833 bits per heavy atom. The van der Waals surface area contributed by atoms with Gasteiger partial charge in [0.05, 0.1) is 12.0 Å². The summed E-state index contributed by atoms with van der Waals surface area (Å²) in [6.45, 7) is 10.8. The van der Waals surface area contributed by atoms with Gasteiger partial charge in [-0.1, -0.05) is 12.2 Å². The fourth-order valence-corrected chi connectivity index (χ4v) is 4.28. The van der Waals surface area contributed by atoms with Crippen LogP contribution in [0.3, 0.4) is 0 Å². The summed E-state index contributed by atoms with van der Waals surface area (Å²) in [4.78, 5) is 49.4. The van der Waals surface area contributed by atoms with E-state index in [2.05, 4.69) is 0 Å². The molecule has 30 heavy (non-hydrogen) atoms. The van der Waals surface area contributed by atoms with Crippen LogP contribution in [0.2, 0.25) is 0 Å². The Bertz CT molecular complexity index is 775. The van der Waals surface area contributed by atoms with Gasteiger partial charge in [-0.2, -0.15) is 0 Å². The molecule has 3 fully saturated rings. The lowest BCUT2D eigenvalue weighted by Crippen LogP contribution is -2.44. The number of carbonyl (C=O) groups is 4. The van der Waals surface area contributed by atoms with E-state index in [1.165, 1.54) is 9.80 Å². The van der Waals surface area contributed by atoms with E-state index in [1.54, 1.807) is 20.8 Å². The quantitative estimate of drug-likeness (QED) is 0.556. The molecule has 2 aliphatic heterocycles. The zero-order valence-corrected chi connectivity index (χ0v) is 18.6. The molecule has 2 aliphatic carbocycles. The summed E-state index contributed by atoms with van der Waals surface area (Å²) >= 11 is 0. The maximum absolute atomic E-state index is 11.7. The highest BCUT2D eigenvalue weighted by Gasteiger charge is 2.49. The fourth-order valence-electron chi connectivity index (χ4n) is 4.28. The van der Waals surface area contributed by atoms with Crippen molar-refractivity contribution < 1.29 is 28.7 Å². The molecule has 2 saturated heterocycles. The predicted octanol–water partition coefficient (Wildman–Crippen LogP) is 3.64. The molecule has 0 aromatic carbocycles. The Kier molecular flexibility index (Phi) is 5.73. The van der Waals surface area contributed by atoms with Gasteiger partial charge in [0, 0.05) is 12.0 Å². The van der Waals surface area contributed by atoms with E-state index in [9.17, 15) is 19.2 Å². The lowest BCUT2D eigenvalue weighted by atomic mass is 10.1. The highest BCUT2D eigenvalue weighted by atomic mass is 16.6. The van der Waals surface area contributed by atoms with Crippen molar-refractivity contribution in [3.8, 4) is 0 Å². The van der Waals surface area contributed by atoms with E-state index in [-0.39, 0.29) is 35.7 Å². The Morgan fingerprint density at radius 3 is 1.83 bits per heavy atom. The second kappa shape index (κ2) is 7.71. The zero-order valence-electron chi connectivity index (χ0n) is 18.6. The Labute approximate surface area is 177 Å². The maximum Gasteiger partial charge on any atom is 0.417 e. The van der Waals surface area contributed by atoms with E-state index < -0.39 is 23.4 Å². The number of amides is 4. The van der Waals surface area contributed by atoms with E-state index in [0.717, 1.165) is 25.7 Å². The molecule has 8 nitrogen and oxygen atoms in total. The van der Waals surface area contributed by atoms with Crippen LogP contribution in [-0.2, 0) is 19.1 Å². The highest BCUT2D eigenvalue weighted by Crippen LogP contribution is 2.39. The summed E-state index contributed by atoms with van der Waals surface area (Å²) in [5, 5.41) is 0. The number of nitrogens with zero attached hydrogens (tertiary/aromatic N) is 2. The minimum atomic E-state index is -0.553. The van der Waals surface area contributed by atoms with Crippen LogP contribution in [0.15, 0.2) is 12.2 Å². The molecule has 4 atom stereocenters. The van der Waals surface area contributed by atoms with Crippen molar-refractivity contribution >= 4 is 24.0 Å². The second-order valence-corrected chi connectivity index (χ2v) is 10.3. The maximum atomic E-state index is 11.7. The molecule has 0 radical (unpaired) electrons. The lowest BCUT2D eigenvalue weighted by Gasteiger charge is -2.28. The number of fused-ring (bicyclic) bond motifs is 4. The van der Waals surface area contributed by atoms with Crippen LogP contribution in [0.1, 0.15) is 67.2 Å². The molecule has 0 spiro atoms. The van der Waals surface area contributed by atoms with Gasteiger partial charge in [-0.25, -0.2) is 19.4 Å². The number of piperidine rings is 1. The average Bonchev–Trinajstić information content (AvgIpc) is 3.31. The van der Waals surface area contributed by atoms with Crippen molar-refractivity contribution in [1.29, 1.82) is 0 Å². The first-order chi connectivity index (χ1) is 13.8. The zero-order chi connectivity index (χ0) is 22.4. The molecular formula is C22H32N2O6. The van der Waals surface area contributed by atoms with Crippen LogP contribution in [0.5, 0.6) is 0 Å². The highest BCUT2D eigenvalue weighted by molar-refractivity contribution is 5.98. The number of hydrogen-bond acceptors (Lipinski definition) is 6. The first-order valence-electron chi connectivity index (χ1n) is 10.6. The monoisotopic (exact) mass is 420 g/mol. The van der Waals surface area contributed by atoms with E-state index in [1.807, 2.05) is 32.9 Å². The summed E-state index contributed by atoms with van der Waals surface area (Å²) in [6.07, 6.45) is 6.20. The Morgan fingerprint density at radius 2 is 1.40 bits per heavy atom. The van der Waals surface area contributed by atoms with Crippen molar-refractivity contribution in [2.45, 2.75) is 90.5 Å². The van der Waals surface area contributed by atoms with E-state index in [4.69, 9.17) is 9.47 Å². The summed E-state index contributed by atoms with van der Waals surface area (Å²) < 4.78 is 10.4. The van der Waals surface area contributed by atoms with Crippen LogP contribution in [0.4, 0.5) is 9.59 Å². The van der Waals surface area contributed by atoms with Crippen LogP contribution in [0, 0.1) is 11.8 Å². The van der Waals surface area contributed by atoms with Crippen molar-refractivity contribution in [3.05, 3.63) is 12.2 Å². The lowest BCUT2D eigenvalue weighted by molar-refractivity contribution is -0.133. The third-order valence-corrected chi connectivity index (χ3v) is 5.48. The van der Waals surface area contributed by atoms with Gasteiger partial charge in [0.25, 0.3) is 0 Å². The SMILES string of the molecule is CC(C)(C)OC(=O)N1C(=O)[C@@H]2C=C[C@@H]1C2.CC(C)(C)OC(=O)N1C(=O)[C@@H]2CC[C@@H]1C2. The molecule has 4 aliphatic rings.